The second-order valence-corrected chi connectivity index (χ2v) is 7.79. The molecular formula is C23H26N2O3. The van der Waals surface area contributed by atoms with Crippen molar-refractivity contribution in [3.05, 3.63) is 71.8 Å². The largest absolute Gasteiger partial charge is 0.481 e. The third-order valence-electron chi connectivity index (χ3n) is 6.17. The first-order chi connectivity index (χ1) is 13.6. The molecule has 3 atom stereocenters. The number of benzene rings is 2. The van der Waals surface area contributed by atoms with E-state index in [1.165, 1.54) is 0 Å². The Morgan fingerprint density at radius 3 is 2.14 bits per heavy atom. The Morgan fingerprint density at radius 1 is 1.00 bits per heavy atom. The van der Waals surface area contributed by atoms with Crippen LogP contribution in [0.5, 0.6) is 0 Å². The summed E-state index contributed by atoms with van der Waals surface area (Å²) in [5.74, 6) is -0.978. The van der Waals surface area contributed by atoms with E-state index in [9.17, 15) is 14.7 Å². The molecule has 1 amide bonds. The molecule has 28 heavy (non-hydrogen) atoms. The van der Waals surface area contributed by atoms with Crippen LogP contribution in [0.15, 0.2) is 60.7 Å². The number of carboxylic acid groups (broad SMARTS) is 1. The molecule has 0 saturated carbocycles. The molecule has 2 aromatic carbocycles. The number of aliphatic carboxylic acids is 1. The molecule has 2 aliphatic heterocycles. The van der Waals surface area contributed by atoms with Crippen LogP contribution in [0, 0.1) is 5.92 Å². The van der Waals surface area contributed by atoms with Crippen molar-refractivity contribution in [2.45, 2.75) is 43.8 Å². The third kappa shape index (κ3) is 3.80. The topological polar surface area (TPSA) is 69.6 Å². The standard InChI is InChI=1S/C23H26N2O3/c26-21(13-14-25-18-11-12-20(25)19(15-18)23(27)28)24-22(16-7-3-1-4-8-16)17-9-5-2-6-10-17/h1-10,18-20,22H,11-15H2,(H,24,26)(H,27,28). The Morgan fingerprint density at radius 2 is 1.61 bits per heavy atom. The first-order valence-corrected chi connectivity index (χ1v) is 10.0. The molecule has 2 N–H and O–H groups in total. The van der Waals surface area contributed by atoms with E-state index in [4.69, 9.17) is 0 Å². The molecule has 3 unspecified atom stereocenters. The lowest BCUT2D eigenvalue weighted by molar-refractivity contribution is -0.142. The molecule has 2 heterocycles. The van der Waals surface area contributed by atoms with E-state index < -0.39 is 5.97 Å². The minimum Gasteiger partial charge on any atom is -0.481 e. The van der Waals surface area contributed by atoms with Crippen LogP contribution < -0.4 is 5.32 Å². The molecule has 2 bridgehead atoms. The van der Waals surface area contributed by atoms with Crippen molar-refractivity contribution in [1.29, 1.82) is 0 Å². The van der Waals surface area contributed by atoms with Crippen LogP contribution in [0.3, 0.4) is 0 Å². The van der Waals surface area contributed by atoms with Crippen LogP contribution in [-0.4, -0.2) is 40.5 Å². The van der Waals surface area contributed by atoms with Gasteiger partial charge in [-0.2, -0.15) is 0 Å². The number of carbonyl (C=O) groups is 2. The number of amides is 1. The lowest BCUT2D eigenvalue weighted by atomic mass is 9.89. The SMILES string of the molecule is O=C(CCN1C2CCC1C(C(=O)O)C2)NC(c1ccccc1)c1ccccc1. The zero-order valence-corrected chi connectivity index (χ0v) is 15.8. The number of nitrogens with one attached hydrogen (secondary N) is 1. The summed E-state index contributed by atoms with van der Waals surface area (Å²) in [5.41, 5.74) is 2.10. The van der Waals surface area contributed by atoms with Gasteiger partial charge in [-0.1, -0.05) is 60.7 Å². The first kappa shape index (κ1) is 18.7. The zero-order chi connectivity index (χ0) is 19.5. The quantitative estimate of drug-likeness (QED) is 0.776. The highest BCUT2D eigenvalue weighted by molar-refractivity contribution is 5.77. The van der Waals surface area contributed by atoms with Gasteiger partial charge in [0.15, 0.2) is 0 Å². The average Bonchev–Trinajstić information content (AvgIpc) is 3.29. The van der Waals surface area contributed by atoms with Crippen molar-refractivity contribution in [3.8, 4) is 0 Å². The van der Waals surface area contributed by atoms with Crippen LogP contribution >= 0.6 is 0 Å². The summed E-state index contributed by atoms with van der Waals surface area (Å²) in [6.45, 7) is 0.626. The van der Waals surface area contributed by atoms with Crippen molar-refractivity contribution in [3.63, 3.8) is 0 Å². The van der Waals surface area contributed by atoms with Crippen molar-refractivity contribution >= 4 is 11.9 Å². The highest BCUT2D eigenvalue weighted by Crippen LogP contribution is 2.41. The Balaban J connectivity index is 1.41. The van der Waals surface area contributed by atoms with Gasteiger partial charge in [-0.3, -0.25) is 14.5 Å². The minimum absolute atomic E-state index is 0.00381. The zero-order valence-electron chi connectivity index (χ0n) is 15.8. The van der Waals surface area contributed by atoms with Crippen molar-refractivity contribution < 1.29 is 14.7 Å². The molecule has 2 aliphatic rings. The Kier molecular flexibility index (Phi) is 5.44. The fourth-order valence-corrected chi connectivity index (χ4v) is 4.83. The molecule has 2 fully saturated rings. The van der Waals surface area contributed by atoms with Crippen LogP contribution in [-0.2, 0) is 9.59 Å². The number of rotatable bonds is 7. The van der Waals surface area contributed by atoms with Gasteiger partial charge in [-0.05, 0) is 30.4 Å². The summed E-state index contributed by atoms with van der Waals surface area (Å²) in [7, 11) is 0. The van der Waals surface area contributed by atoms with Crippen LogP contribution in [0.25, 0.3) is 0 Å². The highest BCUT2D eigenvalue weighted by Gasteiger charge is 2.48. The van der Waals surface area contributed by atoms with Crippen LogP contribution in [0.1, 0.15) is 42.9 Å². The van der Waals surface area contributed by atoms with Gasteiger partial charge < -0.3 is 10.4 Å². The number of hydrogen-bond acceptors (Lipinski definition) is 3. The van der Waals surface area contributed by atoms with Crippen molar-refractivity contribution in [2.24, 2.45) is 5.92 Å². The number of fused-ring (bicyclic) bond motifs is 2. The number of carbonyl (C=O) groups excluding carboxylic acids is 1. The van der Waals surface area contributed by atoms with Gasteiger partial charge >= 0.3 is 5.97 Å². The molecule has 5 heteroatoms. The predicted molar refractivity (Wildman–Crippen MR) is 107 cm³/mol. The summed E-state index contributed by atoms with van der Waals surface area (Å²) < 4.78 is 0. The molecule has 2 aromatic rings. The second kappa shape index (κ2) is 8.15. The lowest BCUT2D eigenvalue weighted by Gasteiger charge is -2.24. The van der Waals surface area contributed by atoms with E-state index >= 15 is 0 Å². The molecule has 146 valence electrons. The van der Waals surface area contributed by atoms with Gasteiger partial charge in [0, 0.05) is 25.0 Å². The van der Waals surface area contributed by atoms with Crippen molar-refractivity contribution in [2.75, 3.05) is 6.54 Å². The lowest BCUT2D eigenvalue weighted by Crippen LogP contribution is -2.37. The van der Waals surface area contributed by atoms with Gasteiger partial charge in [0.2, 0.25) is 5.91 Å². The molecule has 0 aliphatic carbocycles. The first-order valence-electron chi connectivity index (χ1n) is 10.0. The number of carboxylic acids is 1. The molecule has 5 nitrogen and oxygen atoms in total. The minimum atomic E-state index is -0.699. The fourth-order valence-electron chi connectivity index (χ4n) is 4.83. The number of hydrogen-bond donors (Lipinski definition) is 2. The van der Waals surface area contributed by atoms with Gasteiger partial charge in [0.05, 0.1) is 12.0 Å². The van der Waals surface area contributed by atoms with E-state index in [0.717, 1.165) is 30.4 Å². The molecular weight excluding hydrogens is 352 g/mol. The van der Waals surface area contributed by atoms with Crippen LogP contribution in [0.2, 0.25) is 0 Å². The summed E-state index contributed by atoms with van der Waals surface area (Å²) in [5, 5.41) is 12.6. The predicted octanol–water partition coefficient (Wildman–Crippen LogP) is 3.22. The Bertz CT molecular complexity index is 785. The average molecular weight is 378 g/mol. The molecule has 0 spiro atoms. The van der Waals surface area contributed by atoms with Gasteiger partial charge in [-0.15, -0.1) is 0 Å². The van der Waals surface area contributed by atoms with E-state index in [0.29, 0.717) is 19.0 Å². The van der Waals surface area contributed by atoms with Crippen molar-refractivity contribution in [1.82, 2.24) is 10.2 Å². The Labute approximate surface area is 165 Å². The fraction of sp³-hybridized carbons (Fsp3) is 0.391. The van der Waals surface area contributed by atoms with E-state index in [-0.39, 0.29) is 23.9 Å². The van der Waals surface area contributed by atoms with E-state index in [1.807, 2.05) is 60.7 Å². The maximum absolute atomic E-state index is 12.8. The van der Waals surface area contributed by atoms with Gasteiger partial charge in [0.25, 0.3) is 0 Å². The molecule has 0 radical (unpaired) electrons. The summed E-state index contributed by atoms with van der Waals surface area (Å²) in [6, 6.07) is 20.2. The molecule has 4 rings (SSSR count). The summed E-state index contributed by atoms with van der Waals surface area (Å²) in [6.07, 6.45) is 3.08. The molecule has 2 saturated heterocycles. The van der Waals surface area contributed by atoms with E-state index in [2.05, 4.69) is 10.2 Å². The normalized spacial score (nSPS) is 23.8. The second-order valence-electron chi connectivity index (χ2n) is 7.79. The maximum Gasteiger partial charge on any atom is 0.308 e. The van der Waals surface area contributed by atoms with E-state index in [1.54, 1.807) is 0 Å². The van der Waals surface area contributed by atoms with Gasteiger partial charge in [0.1, 0.15) is 0 Å². The molecule has 0 aromatic heterocycles. The highest BCUT2D eigenvalue weighted by atomic mass is 16.4. The smallest absolute Gasteiger partial charge is 0.308 e. The summed E-state index contributed by atoms with van der Waals surface area (Å²) in [4.78, 5) is 26.4. The monoisotopic (exact) mass is 378 g/mol. The van der Waals surface area contributed by atoms with Crippen LogP contribution in [0.4, 0.5) is 0 Å². The summed E-state index contributed by atoms with van der Waals surface area (Å²) >= 11 is 0. The Hall–Kier alpha value is -2.66. The maximum atomic E-state index is 12.8. The number of nitrogens with zero attached hydrogens (tertiary/aromatic N) is 1. The third-order valence-corrected chi connectivity index (χ3v) is 6.17. The van der Waals surface area contributed by atoms with Gasteiger partial charge in [-0.25, -0.2) is 0 Å².